The van der Waals surface area contributed by atoms with Crippen LogP contribution in [0.2, 0.25) is 0 Å². The van der Waals surface area contributed by atoms with Gasteiger partial charge in [0.2, 0.25) is 5.91 Å². The molecule has 0 radical (unpaired) electrons. The van der Waals surface area contributed by atoms with E-state index < -0.39 is 0 Å². The van der Waals surface area contributed by atoms with Gasteiger partial charge in [0.05, 0.1) is 6.54 Å². The van der Waals surface area contributed by atoms with Crippen LogP contribution in [0.25, 0.3) is 22.5 Å². The summed E-state index contributed by atoms with van der Waals surface area (Å²) in [7, 11) is 0. The van der Waals surface area contributed by atoms with Gasteiger partial charge < -0.3 is 9.84 Å². The lowest BCUT2D eigenvalue weighted by atomic mass is 10.0. The predicted octanol–water partition coefficient (Wildman–Crippen LogP) is 5.21. The Balaban J connectivity index is 1.35. The fourth-order valence-corrected chi connectivity index (χ4v) is 3.73. The summed E-state index contributed by atoms with van der Waals surface area (Å²) in [6, 6.07) is 20.4. The van der Waals surface area contributed by atoms with Gasteiger partial charge in [0.1, 0.15) is 5.69 Å². The van der Waals surface area contributed by atoms with Gasteiger partial charge in [0.25, 0.3) is 0 Å². The van der Waals surface area contributed by atoms with E-state index in [0.717, 1.165) is 17.0 Å². The fraction of sp³-hybridized carbons (Fsp3) is 0.304. The lowest BCUT2D eigenvalue weighted by Crippen LogP contribution is -2.24. The lowest BCUT2D eigenvalue weighted by molar-refractivity contribution is -0.122. The van der Waals surface area contributed by atoms with E-state index in [1.54, 1.807) is 0 Å². The molecule has 4 heteroatoms. The minimum absolute atomic E-state index is 0.110. The van der Waals surface area contributed by atoms with Crippen molar-refractivity contribution in [3.63, 3.8) is 0 Å². The minimum Gasteiger partial charge on any atom is -0.356 e. The summed E-state index contributed by atoms with van der Waals surface area (Å²) in [5, 5.41) is 7.05. The van der Waals surface area contributed by atoms with Crippen molar-refractivity contribution in [3.8, 4) is 22.5 Å². The first-order chi connectivity index (χ1) is 13.3. The van der Waals surface area contributed by atoms with E-state index in [0.29, 0.717) is 18.9 Å². The monoisotopic (exact) mass is 360 g/mol. The molecule has 138 valence electrons. The molecule has 0 bridgehead atoms. The molecule has 1 fully saturated rings. The van der Waals surface area contributed by atoms with Crippen molar-refractivity contribution in [2.45, 2.75) is 38.6 Å². The van der Waals surface area contributed by atoms with Crippen LogP contribution in [0.15, 0.2) is 65.2 Å². The van der Waals surface area contributed by atoms with Crippen LogP contribution in [0.4, 0.5) is 0 Å². The van der Waals surface area contributed by atoms with Crippen molar-refractivity contribution in [1.82, 2.24) is 10.5 Å². The molecule has 4 nitrogen and oxygen atoms in total. The van der Waals surface area contributed by atoms with Crippen LogP contribution in [0.5, 0.6) is 0 Å². The highest BCUT2D eigenvalue weighted by atomic mass is 16.5. The molecule has 1 N–H and O–H groups in total. The van der Waals surface area contributed by atoms with Crippen LogP contribution >= 0.6 is 0 Å². The molecule has 1 aromatic heterocycles. The number of nitrogens with one attached hydrogen (secondary N) is 1. The van der Waals surface area contributed by atoms with Gasteiger partial charge in [-0.15, -0.1) is 0 Å². The van der Waals surface area contributed by atoms with Crippen LogP contribution in [-0.4, -0.2) is 11.1 Å². The molecule has 0 spiro atoms. The Hall–Kier alpha value is -2.88. The Bertz CT molecular complexity index is 878. The molecule has 2 aromatic carbocycles. The number of benzene rings is 2. The molecule has 27 heavy (non-hydrogen) atoms. The highest BCUT2D eigenvalue weighted by Crippen LogP contribution is 2.27. The van der Waals surface area contributed by atoms with E-state index in [2.05, 4.69) is 34.7 Å². The van der Waals surface area contributed by atoms with E-state index in [9.17, 15) is 4.79 Å². The van der Waals surface area contributed by atoms with Crippen molar-refractivity contribution in [1.29, 1.82) is 0 Å². The zero-order chi connectivity index (χ0) is 18.5. The van der Waals surface area contributed by atoms with Crippen molar-refractivity contribution in [2.75, 3.05) is 0 Å². The zero-order valence-electron chi connectivity index (χ0n) is 15.4. The SMILES string of the molecule is O=C(CC1CCCC1)NCc1cc(-c2ccc(-c3ccccc3)cc2)on1. The lowest BCUT2D eigenvalue weighted by Gasteiger charge is -2.08. The second kappa shape index (κ2) is 8.21. The van der Waals surface area contributed by atoms with Gasteiger partial charge in [-0.25, -0.2) is 0 Å². The van der Waals surface area contributed by atoms with E-state index >= 15 is 0 Å². The molecule has 0 unspecified atom stereocenters. The van der Waals surface area contributed by atoms with Crippen molar-refractivity contribution in [2.24, 2.45) is 5.92 Å². The van der Waals surface area contributed by atoms with E-state index in [-0.39, 0.29) is 5.91 Å². The molecule has 1 aliphatic rings. The molecular weight excluding hydrogens is 336 g/mol. The summed E-state index contributed by atoms with van der Waals surface area (Å²) in [5.41, 5.74) is 4.08. The first kappa shape index (κ1) is 17.5. The molecular formula is C23H24N2O2. The van der Waals surface area contributed by atoms with Crippen LogP contribution in [-0.2, 0) is 11.3 Å². The predicted molar refractivity (Wildman–Crippen MR) is 106 cm³/mol. The summed E-state index contributed by atoms with van der Waals surface area (Å²) in [6.07, 6.45) is 5.51. The van der Waals surface area contributed by atoms with Crippen molar-refractivity contribution >= 4 is 5.91 Å². The number of hydrogen-bond donors (Lipinski definition) is 1. The molecule has 0 saturated heterocycles. The molecule has 4 rings (SSSR count). The van der Waals surface area contributed by atoms with Gasteiger partial charge in [-0.2, -0.15) is 0 Å². The average molecular weight is 360 g/mol. The molecule has 0 aliphatic heterocycles. The van der Waals surface area contributed by atoms with Gasteiger partial charge in [-0.05, 0) is 29.9 Å². The van der Waals surface area contributed by atoms with E-state index in [1.165, 1.54) is 36.8 Å². The van der Waals surface area contributed by atoms with Gasteiger partial charge in [0.15, 0.2) is 5.76 Å². The molecule has 1 amide bonds. The number of carbonyl (C=O) groups is 1. The highest BCUT2D eigenvalue weighted by molar-refractivity contribution is 5.76. The van der Waals surface area contributed by atoms with Gasteiger partial charge in [0, 0.05) is 18.1 Å². The third-order valence-electron chi connectivity index (χ3n) is 5.25. The molecule has 1 saturated carbocycles. The first-order valence-corrected chi connectivity index (χ1v) is 9.66. The largest absolute Gasteiger partial charge is 0.356 e. The third kappa shape index (κ3) is 4.45. The molecule has 1 aliphatic carbocycles. The van der Waals surface area contributed by atoms with Crippen molar-refractivity contribution < 1.29 is 9.32 Å². The molecule has 0 atom stereocenters. The van der Waals surface area contributed by atoms with Crippen LogP contribution < -0.4 is 5.32 Å². The maximum Gasteiger partial charge on any atom is 0.220 e. The average Bonchev–Trinajstić information content (AvgIpc) is 3.39. The van der Waals surface area contributed by atoms with Crippen molar-refractivity contribution in [3.05, 3.63) is 66.4 Å². The van der Waals surface area contributed by atoms with Gasteiger partial charge >= 0.3 is 0 Å². The molecule has 3 aromatic rings. The maximum absolute atomic E-state index is 12.1. The quantitative estimate of drug-likeness (QED) is 0.657. The zero-order valence-corrected chi connectivity index (χ0v) is 15.4. The number of hydrogen-bond acceptors (Lipinski definition) is 3. The standard InChI is InChI=1S/C23H24N2O2/c26-23(14-17-6-4-5-7-17)24-16-21-15-22(27-25-21)20-12-10-19(11-13-20)18-8-2-1-3-9-18/h1-3,8-13,15,17H,4-7,14,16H2,(H,24,26). The first-order valence-electron chi connectivity index (χ1n) is 9.66. The Morgan fingerprint density at radius 3 is 2.37 bits per heavy atom. The van der Waals surface area contributed by atoms with Crippen LogP contribution in [0.1, 0.15) is 37.8 Å². The molecule has 1 heterocycles. The van der Waals surface area contributed by atoms with Crippen LogP contribution in [0, 0.1) is 5.92 Å². The van der Waals surface area contributed by atoms with Gasteiger partial charge in [-0.1, -0.05) is 72.6 Å². The summed E-state index contributed by atoms with van der Waals surface area (Å²) in [5.74, 6) is 1.38. The Morgan fingerprint density at radius 1 is 0.963 bits per heavy atom. The fourth-order valence-electron chi connectivity index (χ4n) is 3.73. The third-order valence-corrected chi connectivity index (χ3v) is 5.25. The second-order valence-corrected chi connectivity index (χ2v) is 7.26. The number of rotatable bonds is 6. The summed E-state index contributed by atoms with van der Waals surface area (Å²) in [4.78, 5) is 12.1. The summed E-state index contributed by atoms with van der Waals surface area (Å²) in [6.45, 7) is 0.414. The number of carbonyl (C=O) groups excluding carboxylic acids is 1. The maximum atomic E-state index is 12.1. The minimum atomic E-state index is 0.110. The number of aromatic nitrogens is 1. The topological polar surface area (TPSA) is 55.1 Å². The Kier molecular flexibility index (Phi) is 5.33. The Labute approximate surface area is 159 Å². The second-order valence-electron chi connectivity index (χ2n) is 7.26. The van der Waals surface area contributed by atoms with E-state index in [1.807, 2.05) is 36.4 Å². The number of amides is 1. The Morgan fingerprint density at radius 2 is 1.63 bits per heavy atom. The van der Waals surface area contributed by atoms with E-state index in [4.69, 9.17) is 4.52 Å². The summed E-state index contributed by atoms with van der Waals surface area (Å²) < 4.78 is 5.46. The smallest absolute Gasteiger partial charge is 0.220 e. The normalized spacial score (nSPS) is 14.4. The van der Waals surface area contributed by atoms with Crippen LogP contribution in [0.3, 0.4) is 0 Å². The summed E-state index contributed by atoms with van der Waals surface area (Å²) >= 11 is 0. The van der Waals surface area contributed by atoms with Gasteiger partial charge in [-0.3, -0.25) is 4.79 Å². The number of nitrogens with zero attached hydrogens (tertiary/aromatic N) is 1. The highest BCUT2D eigenvalue weighted by Gasteiger charge is 2.18.